The molecule has 0 saturated carbocycles. The van der Waals surface area contributed by atoms with E-state index in [-0.39, 0.29) is 0 Å². The summed E-state index contributed by atoms with van der Waals surface area (Å²) < 4.78 is 11.7. The number of fused-ring (bicyclic) bond motifs is 2. The van der Waals surface area contributed by atoms with E-state index in [9.17, 15) is 0 Å². The quantitative estimate of drug-likeness (QED) is 0.476. The third kappa shape index (κ3) is 3.27. The molecule has 28 heavy (non-hydrogen) atoms. The van der Waals surface area contributed by atoms with Crippen LogP contribution in [0.4, 0.5) is 0 Å². The predicted octanol–water partition coefficient (Wildman–Crippen LogP) is 4.79. The molecule has 3 heterocycles. The number of aromatic nitrogens is 2. The molecule has 0 spiro atoms. The van der Waals surface area contributed by atoms with E-state index in [1.54, 1.807) is 0 Å². The van der Waals surface area contributed by atoms with Crippen LogP contribution in [0, 0.1) is 0 Å². The van der Waals surface area contributed by atoms with Gasteiger partial charge in [-0.1, -0.05) is 29.4 Å². The molecule has 144 valence electrons. The third-order valence-electron chi connectivity index (χ3n) is 5.73. The van der Waals surface area contributed by atoms with Gasteiger partial charge in [-0.25, -0.2) is 0 Å². The highest BCUT2D eigenvalue weighted by Gasteiger charge is 2.23. The number of ether oxygens (including phenoxy) is 1. The maximum absolute atomic E-state index is 6.06. The highest BCUT2D eigenvalue weighted by atomic mass is 16.5. The standard InChI is InChI=1S/C23H25N3O2/c1-4-16(6-3-15-27-20-8-2-5-17-11-14-25-22(17)20)21-19(7-1)28-26-23(21)18-9-12-24-13-10-18/h1-2,4-5,7-8,11,14,18,24-25H,3,6,9-10,12-13,15H2. The average molecular weight is 375 g/mol. The van der Waals surface area contributed by atoms with Gasteiger partial charge in [0, 0.05) is 22.9 Å². The molecule has 5 heteroatoms. The number of nitrogens with zero attached hydrogens (tertiary/aromatic N) is 1. The molecule has 0 atom stereocenters. The van der Waals surface area contributed by atoms with Crippen molar-refractivity contribution in [3.8, 4) is 5.75 Å². The molecular weight excluding hydrogens is 350 g/mol. The van der Waals surface area contributed by atoms with Gasteiger partial charge in [0.25, 0.3) is 0 Å². The van der Waals surface area contributed by atoms with Crippen LogP contribution in [-0.2, 0) is 6.42 Å². The maximum Gasteiger partial charge on any atom is 0.167 e. The third-order valence-corrected chi connectivity index (χ3v) is 5.73. The molecule has 0 bridgehead atoms. The minimum Gasteiger partial charge on any atom is -0.491 e. The first-order valence-corrected chi connectivity index (χ1v) is 10.2. The first kappa shape index (κ1) is 17.3. The number of aromatic amines is 1. The van der Waals surface area contributed by atoms with Gasteiger partial charge in [0.05, 0.1) is 17.8 Å². The fourth-order valence-electron chi connectivity index (χ4n) is 4.29. The summed E-state index contributed by atoms with van der Waals surface area (Å²) in [4.78, 5) is 3.26. The summed E-state index contributed by atoms with van der Waals surface area (Å²) >= 11 is 0. The van der Waals surface area contributed by atoms with Gasteiger partial charge in [-0.2, -0.15) is 0 Å². The van der Waals surface area contributed by atoms with Crippen molar-refractivity contribution in [3.63, 3.8) is 0 Å². The zero-order valence-corrected chi connectivity index (χ0v) is 15.9. The zero-order chi connectivity index (χ0) is 18.8. The normalized spacial score (nSPS) is 15.4. The Morgan fingerprint density at radius 3 is 2.89 bits per heavy atom. The Balaban J connectivity index is 1.30. The Labute approximate surface area is 164 Å². The monoisotopic (exact) mass is 375 g/mol. The van der Waals surface area contributed by atoms with Crippen LogP contribution in [0.25, 0.3) is 21.9 Å². The molecule has 1 aliphatic rings. The van der Waals surface area contributed by atoms with Gasteiger partial charge in [0.15, 0.2) is 5.58 Å². The number of benzene rings is 2. The van der Waals surface area contributed by atoms with Gasteiger partial charge in [0.2, 0.25) is 0 Å². The summed E-state index contributed by atoms with van der Waals surface area (Å²) in [5.74, 6) is 1.41. The van der Waals surface area contributed by atoms with Crippen LogP contribution < -0.4 is 10.1 Å². The second kappa shape index (κ2) is 7.68. The van der Waals surface area contributed by atoms with Crippen molar-refractivity contribution in [2.24, 2.45) is 0 Å². The first-order chi connectivity index (χ1) is 13.9. The van der Waals surface area contributed by atoms with E-state index in [4.69, 9.17) is 9.26 Å². The van der Waals surface area contributed by atoms with Crippen LogP contribution in [0.3, 0.4) is 0 Å². The van der Waals surface area contributed by atoms with Crippen molar-refractivity contribution in [3.05, 3.63) is 59.9 Å². The summed E-state index contributed by atoms with van der Waals surface area (Å²) in [6, 6.07) is 14.5. The summed E-state index contributed by atoms with van der Waals surface area (Å²) in [7, 11) is 0. The largest absolute Gasteiger partial charge is 0.491 e. The summed E-state index contributed by atoms with van der Waals surface area (Å²) in [6.07, 6.45) is 6.11. The minimum atomic E-state index is 0.491. The van der Waals surface area contributed by atoms with E-state index >= 15 is 0 Å². The lowest BCUT2D eigenvalue weighted by atomic mass is 9.90. The zero-order valence-electron chi connectivity index (χ0n) is 15.9. The molecule has 5 rings (SSSR count). The van der Waals surface area contributed by atoms with Crippen LogP contribution in [0.5, 0.6) is 5.75 Å². The Bertz CT molecular complexity index is 1080. The topological polar surface area (TPSA) is 63.1 Å². The molecule has 1 fully saturated rings. The fraction of sp³-hybridized carbons (Fsp3) is 0.348. The first-order valence-electron chi connectivity index (χ1n) is 10.2. The average Bonchev–Trinajstić information content (AvgIpc) is 3.39. The molecule has 4 aromatic rings. The Morgan fingerprint density at radius 2 is 1.96 bits per heavy atom. The number of aryl methyl sites for hydroxylation is 1. The summed E-state index contributed by atoms with van der Waals surface area (Å²) in [5.41, 5.74) is 4.43. The number of para-hydroxylation sites is 1. The van der Waals surface area contributed by atoms with Crippen molar-refractivity contribution in [1.82, 2.24) is 15.5 Å². The Morgan fingerprint density at radius 1 is 1.07 bits per heavy atom. The SMILES string of the molecule is c1cc(OCCCc2cccc3onc(C4CCNCC4)c23)c2[nH]ccc2c1. The van der Waals surface area contributed by atoms with Crippen LogP contribution in [0.15, 0.2) is 53.2 Å². The number of piperidine rings is 1. The lowest BCUT2D eigenvalue weighted by Crippen LogP contribution is -2.26. The minimum absolute atomic E-state index is 0.491. The van der Waals surface area contributed by atoms with Crippen LogP contribution in [0.2, 0.25) is 0 Å². The molecule has 2 N–H and O–H groups in total. The molecule has 0 unspecified atom stereocenters. The van der Waals surface area contributed by atoms with Crippen LogP contribution in [-0.4, -0.2) is 29.8 Å². The highest BCUT2D eigenvalue weighted by Crippen LogP contribution is 2.33. The molecule has 0 aliphatic carbocycles. The molecule has 2 aromatic heterocycles. The van der Waals surface area contributed by atoms with Gasteiger partial charge in [0.1, 0.15) is 5.75 Å². The van der Waals surface area contributed by atoms with E-state index in [1.165, 1.54) is 16.3 Å². The highest BCUT2D eigenvalue weighted by molar-refractivity contribution is 5.85. The number of nitrogens with one attached hydrogen (secondary N) is 2. The number of H-pyrrole nitrogens is 1. The van der Waals surface area contributed by atoms with Gasteiger partial charge in [-0.3, -0.25) is 0 Å². The molecule has 0 radical (unpaired) electrons. The van der Waals surface area contributed by atoms with E-state index in [0.29, 0.717) is 12.5 Å². The van der Waals surface area contributed by atoms with E-state index < -0.39 is 0 Å². The lowest BCUT2D eigenvalue weighted by molar-refractivity contribution is 0.314. The number of rotatable bonds is 6. The van der Waals surface area contributed by atoms with Gasteiger partial charge in [-0.15, -0.1) is 0 Å². The van der Waals surface area contributed by atoms with Crippen molar-refractivity contribution in [1.29, 1.82) is 0 Å². The smallest absolute Gasteiger partial charge is 0.167 e. The van der Waals surface area contributed by atoms with E-state index in [2.05, 4.69) is 39.7 Å². The molecule has 1 aliphatic heterocycles. The van der Waals surface area contributed by atoms with Gasteiger partial charge >= 0.3 is 0 Å². The lowest BCUT2D eigenvalue weighted by Gasteiger charge is -2.21. The van der Waals surface area contributed by atoms with Crippen molar-refractivity contribution >= 4 is 21.9 Å². The molecule has 0 amide bonds. The Hall–Kier alpha value is -2.79. The van der Waals surface area contributed by atoms with Crippen LogP contribution in [0.1, 0.15) is 36.4 Å². The fourth-order valence-corrected chi connectivity index (χ4v) is 4.29. The van der Waals surface area contributed by atoms with Gasteiger partial charge < -0.3 is 19.6 Å². The summed E-state index contributed by atoms with van der Waals surface area (Å²) in [5, 5.41) is 10.3. The summed E-state index contributed by atoms with van der Waals surface area (Å²) in [6.45, 7) is 2.79. The van der Waals surface area contributed by atoms with Crippen molar-refractivity contribution < 1.29 is 9.26 Å². The predicted molar refractivity (Wildman–Crippen MR) is 111 cm³/mol. The molecular formula is C23H25N3O2. The Kier molecular flexibility index (Phi) is 4.75. The molecule has 2 aromatic carbocycles. The van der Waals surface area contributed by atoms with Crippen molar-refractivity contribution in [2.75, 3.05) is 19.7 Å². The second-order valence-electron chi connectivity index (χ2n) is 7.53. The van der Waals surface area contributed by atoms with E-state index in [0.717, 1.165) is 61.3 Å². The number of hydrogen-bond acceptors (Lipinski definition) is 4. The maximum atomic E-state index is 6.06. The second-order valence-corrected chi connectivity index (χ2v) is 7.53. The number of hydrogen-bond donors (Lipinski definition) is 2. The molecule has 1 saturated heterocycles. The van der Waals surface area contributed by atoms with Crippen molar-refractivity contribution in [2.45, 2.75) is 31.6 Å². The van der Waals surface area contributed by atoms with Gasteiger partial charge in [-0.05, 0) is 62.5 Å². The van der Waals surface area contributed by atoms with E-state index in [1.807, 2.05) is 24.4 Å². The molecule has 5 nitrogen and oxygen atoms in total. The van der Waals surface area contributed by atoms with Crippen LogP contribution >= 0.6 is 0 Å².